The van der Waals surface area contributed by atoms with Gasteiger partial charge in [0.2, 0.25) is 0 Å². The Hall–Kier alpha value is -1.32. The molecule has 4 nitrogen and oxygen atoms in total. The molecule has 0 saturated heterocycles. The molecular weight excluding hydrogens is 256 g/mol. The highest BCUT2D eigenvalue weighted by molar-refractivity contribution is 5.89. The monoisotopic (exact) mass is 284 g/mol. The van der Waals surface area contributed by atoms with Gasteiger partial charge in [-0.15, -0.1) is 0 Å². The molecule has 0 aromatic rings. The van der Waals surface area contributed by atoms with Crippen LogP contribution >= 0.6 is 0 Å². The lowest BCUT2D eigenvalue weighted by Gasteiger charge is -2.11. The standard InChI is InChI=1S/C16H28O4/c1-6-7-8-14(16(18)20-10-13(4)5)11-19-15(17)9-12(2)3/h8,12-13H,6-7,9-11H2,1-5H3. The third kappa shape index (κ3) is 9.59. The third-order valence-electron chi connectivity index (χ3n) is 2.45. The Morgan fingerprint density at radius 2 is 1.70 bits per heavy atom. The van der Waals surface area contributed by atoms with Gasteiger partial charge in [-0.25, -0.2) is 4.79 Å². The molecule has 0 amide bonds. The number of allylic oxidation sites excluding steroid dienone is 1. The molecule has 0 N–H and O–H groups in total. The largest absolute Gasteiger partial charge is 0.462 e. The van der Waals surface area contributed by atoms with Gasteiger partial charge in [-0.1, -0.05) is 47.1 Å². The fourth-order valence-electron chi connectivity index (χ4n) is 1.41. The van der Waals surface area contributed by atoms with Gasteiger partial charge in [0, 0.05) is 6.42 Å². The van der Waals surface area contributed by atoms with Crippen LogP contribution in [0.3, 0.4) is 0 Å². The van der Waals surface area contributed by atoms with Crippen LogP contribution in [0.5, 0.6) is 0 Å². The Morgan fingerprint density at radius 3 is 2.20 bits per heavy atom. The second-order valence-corrected chi connectivity index (χ2v) is 5.77. The van der Waals surface area contributed by atoms with Crippen molar-refractivity contribution >= 4 is 11.9 Å². The van der Waals surface area contributed by atoms with Gasteiger partial charge in [-0.05, 0) is 18.3 Å². The molecule has 0 aliphatic heterocycles. The van der Waals surface area contributed by atoms with E-state index in [4.69, 9.17) is 9.47 Å². The molecule has 0 aromatic heterocycles. The van der Waals surface area contributed by atoms with Crippen LogP contribution in [0.1, 0.15) is 53.9 Å². The second-order valence-electron chi connectivity index (χ2n) is 5.77. The van der Waals surface area contributed by atoms with Crippen LogP contribution in [0.15, 0.2) is 11.6 Å². The van der Waals surface area contributed by atoms with Crippen molar-refractivity contribution in [1.82, 2.24) is 0 Å². The van der Waals surface area contributed by atoms with Gasteiger partial charge in [-0.2, -0.15) is 0 Å². The van der Waals surface area contributed by atoms with Crippen molar-refractivity contribution in [3.8, 4) is 0 Å². The smallest absolute Gasteiger partial charge is 0.337 e. The maximum absolute atomic E-state index is 11.9. The van der Waals surface area contributed by atoms with E-state index in [2.05, 4.69) is 0 Å². The summed E-state index contributed by atoms with van der Waals surface area (Å²) in [4.78, 5) is 23.4. The quantitative estimate of drug-likeness (QED) is 0.480. The average molecular weight is 284 g/mol. The number of esters is 2. The van der Waals surface area contributed by atoms with Gasteiger partial charge in [0.1, 0.15) is 6.61 Å². The van der Waals surface area contributed by atoms with Crippen LogP contribution in [0.2, 0.25) is 0 Å². The first-order valence-electron chi connectivity index (χ1n) is 7.38. The van der Waals surface area contributed by atoms with Crippen LogP contribution in [-0.4, -0.2) is 25.2 Å². The molecule has 0 unspecified atom stereocenters. The van der Waals surface area contributed by atoms with Gasteiger partial charge < -0.3 is 9.47 Å². The molecule has 0 rings (SSSR count). The Balaban J connectivity index is 4.42. The number of ether oxygens (including phenoxy) is 2. The molecule has 0 aliphatic rings. The Morgan fingerprint density at radius 1 is 1.05 bits per heavy atom. The van der Waals surface area contributed by atoms with Crippen LogP contribution in [-0.2, 0) is 19.1 Å². The van der Waals surface area contributed by atoms with Crippen LogP contribution in [0, 0.1) is 11.8 Å². The van der Waals surface area contributed by atoms with E-state index in [9.17, 15) is 9.59 Å². The van der Waals surface area contributed by atoms with Crippen molar-refractivity contribution in [2.75, 3.05) is 13.2 Å². The highest BCUT2D eigenvalue weighted by Gasteiger charge is 2.14. The van der Waals surface area contributed by atoms with Gasteiger partial charge in [0.05, 0.1) is 12.2 Å². The molecule has 0 aliphatic carbocycles. The topological polar surface area (TPSA) is 52.6 Å². The van der Waals surface area contributed by atoms with Gasteiger partial charge in [-0.3, -0.25) is 4.79 Å². The maximum atomic E-state index is 11.9. The van der Waals surface area contributed by atoms with E-state index in [1.807, 2.05) is 34.6 Å². The zero-order valence-corrected chi connectivity index (χ0v) is 13.4. The zero-order chi connectivity index (χ0) is 15.5. The number of carbonyl (C=O) groups is 2. The van der Waals surface area contributed by atoms with Gasteiger partial charge in [0.15, 0.2) is 0 Å². The minimum atomic E-state index is -0.385. The summed E-state index contributed by atoms with van der Waals surface area (Å²) < 4.78 is 10.3. The van der Waals surface area contributed by atoms with Crippen molar-refractivity contribution < 1.29 is 19.1 Å². The fraction of sp³-hybridized carbons (Fsp3) is 0.750. The molecule has 0 atom stereocenters. The predicted molar refractivity (Wildman–Crippen MR) is 79.2 cm³/mol. The highest BCUT2D eigenvalue weighted by Crippen LogP contribution is 2.07. The van der Waals surface area contributed by atoms with Crippen LogP contribution in [0.4, 0.5) is 0 Å². The van der Waals surface area contributed by atoms with Crippen molar-refractivity contribution in [2.45, 2.75) is 53.9 Å². The number of hydrogen-bond donors (Lipinski definition) is 0. The number of carbonyl (C=O) groups excluding carboxylic acids is 2. The normalized spacial score (nSPS) is 11.8. The van der Waals surface area contributed by atoms with Crippen molar-refractivity contribution in [1.29, 1.82) is 0 Å². The summed E-state index contributed by atoms with van der Waals surface area (Å²) in [6.45, 7) is 10.3. The molecular formula is C16H28O4. The van der Waals surface area contributed by atoms with E-state index in [0.29, 0.717) is 18.6 Å². The molecule has 0 aromatic carbocycles. The number of hydrogen-bond acceptors (Lipinski definition) is 4. The molecule has 116 valence electrons. The maximum Gasteiger partial charge on any atom is 0.337 e. The van der Waals surface area contributed by atoms with E-state index in [-0.39, 0.29) is 30.4 Å². The minimum Gasteiger partial charge on any atom is -0.462 e. The molecule has 0 spiro atoms. The molecule has 4 heteroatoms. The third-order valence-corrected chi connectivity index (χ3v) is 2.45. The molecule has 0 fully saturated rings. The minimum absolute atomic E-state index is 0.00246. The summed E-state index contributed by atoms with van der Waals surface area (Å²) in [6, 6.07) is 0. The zero-order valence-electron chi connectivity index (χ0n) is 13.4. The number of unbranched alkanes of at least 4 members (excludes halogenated alkanes) is 1. The van der Waals surface area contributed by atoms with Crippen LogP contribution < -0.4 is 0 Å². The van der Waals surface area contributed by atoms with E-state index < -0.39 is 0 Å². The molecule has 20 heavy (non-hydrogen) atoms. The summed E-state index contributed by atoms with van der Waals surface area (Å²) in [7, 11) is 0. The lowest BCUT2D eigenvalue weighted by atomic mass is 10.1. The van der Waals surface area contributed by atoms with Crippen LogP contribution in [0.25, 0.3) is 0 Å². The van der Waals surface area contributed by atoms with Crippen molar-refractivity contribution in [3.05, 3.63) is 11.6 Å². The summed E-state index contributed by atoms with van der Waals surface area (Å²) in [5, 5.41) is 0. The first kappa shape index (κ1) is 18.7. The fourth-order valence-corrected chi connectivity index (χ4v) is 1.41. The predicted octanol–water partition coefficient (Wildman–Crippen LogP) is 3.50. The van der Waals surface area contributed by atoms with Crippen molar-refractivity contribution in [2.24, 2.45) is 11.8 Å². The van der Waals surface area contributed by atoms with Crippen molar-refractivity contribution in [3.63, 3.8) is 0 Å². The Kier molecular flexibility index (Phi) is 9.77. The Bertz CT molecular complexity index is 329. The first-order chi connectivity index (χ1) is 9.36. The van der Waals surface area contributed by atoms with Gasteiger partial charge in [0.25, 0.3) is 0 Å². The lowest BCUT2D eigenvalue weighted by molar-refractivity contribution is -0.145. The number of rotatable bonds is 9. The summed E-state index contributed by atoms with van der Waals surface area (Å²) in [6.07, 6.45) is 3.86. The van der Waals surface area contributed by atoms with E-state index in [1.54, 1.807) is 6.08 Å². The average Bonchev–Trinajstić information content (AvgIpc) is 2.35. The van der Waals surface area contributed by atoms with E-state index in [1.165, 1.54) is 0 Å². The molecule has 0 saturated carbocycles. The molecule has 0 radical (unpaired) electrons. The van der Waals surface area contributed by atoms with E-state index >= 15 is 0 Å². The molecule has 0 heterocycles. The summed E-state index contributed by atoms with van der Waals surface area (Å²) in [5.74, 6) is -0.128. The second kappa shape index (κ2) is 10.5. The first-order valence-corrected chi connectivity index (χ1v) is 7.38. The SMILES string of the molecule is CCCC=C(COC(=O)CC(C)C)C(=O)OCC(C)C. The summed E-state index contributed by atoms with van der Waals surface area (Å²) in [5.41, 5.74) is 0.435. The Labute approximate surface area is 122 Å². The lowest BCUT2D eigenvalue weighted by Crippen LogP contribution is -2.18. The molecule has 0 bridgehead atoms. The highest BCUT2D eigenvalue weighted by atomic mass is 16.5. The summed E-state index contributed by atoms with van der Waals surface area (Å²) >= 11 is 0. The van der Waals surface area contributed by atoms with E-state index in [0.717, 1.165) is 12.8 Å². The van der Waals surface area contributed by atoms with Gasteiger partial charge >= 0.3 is 11.9 Å².